The number of aliphatic hydroxyl groups excluding tert-OH is 2. The van der Waals surface area contributed by atoms with Crippen molar-refractivity contribution < 1.29 is 24.4 Å². The Morgan fingerprint density at radius 1 is 0.933 bits per heavy atom. The van der Waals surface area contributed by atoms with Crippen LogP contribution in [0, 0.1) is 0 Å². The molecule has 0 aromatic heterocycles. The van der Waals surface area contributed by atoms with Crippen molar-refractivity contribution in [3.8, 4) is 0 Å². The third kappa shape index (κ3) is 5.29. The average Bonchev–Trinajstić information content (AvgIpc) is 2.26. The molecule has 0 aliphatic carbocycles. The number of hydrogen-bond acceptors (Lipinski definition) is 5. The maximum Gasteiger partial charge on any atom is 0.156 e. The van der Waals surface area contributed by atoms with E-state index in [1.54, 1.807) is 13.8 Å². The van der Waals surface area contributed by atoms with Crippen molar-refractivity contribution in [3.05, 3.63) is 24.0 Å². The van der Waals surface area contributed by atoms with E-state index in [0.29, 0.717) is 0 Å². The summed E-state index contributed by atoms with van der Waals surface area (Å²) in [5.74, 6) is -0.127. The number of methoxy groups -OCH3 is 2. The molecule has 0 saturated carbocycles. The van der Waals surface area contributed by atoms with Crippen molar-refractivity contribution in [1.29, 1.82) is 0 Å². The number of rotatable bonds is 6. The zero-order chi connectivity index (χ0) is 11.8. The van der Waals surface area contributed by atoms with Crippen molar-refractivity contribution in [1.82, 2.24) is 0 Å². The van der Waals surface area contributed by atoms with Gasteiger partial charge >= 0.3 is 0 Å². The molecule has 2 unspecified atom stereocenters. The van der Waals surface area contributed by atoms with Gasteiger partial charge in [0.15, 0.2) is 11.5 Å². The van der Waals surface area contributed by atoms with Gasteiger partial charge in [0.1, 0.15) is 24.7 Å². The fourth-order valence-corrected chi connectivity index (χ4v) is 0.607. The van der Waals surface area contributed by atoms with Crippen LogP contribution >= 0.6 is 0 Å². The monoisotopic (exact) mass is 218 g/mol. The lowest BCUT2D eigenvalue weighted by Crippen LogP contribution is -2.09. The second-order valence-corrected chi connectivity index (χ2v) is 2.98. The second-order valence-electron chi connectivity index (χ2n) is 2.98. The topological polar surface area (TPSA) is 68.2 Å². The van der Waals surface area contributed by atoms with Crippen LogP contribution in [0.2, 0.25) is 0 Å². The van der Waals surface area contributed by atoms with Gasteiger partial charge in [0.05, 0.1) is 0 Å². The van der Waals surface area contributed by atoms with Gasteiger partial charge in [0.2, 0.25) is 0 Å². The van der Waals surface area contributed by atoms with E-state index < -0.39 is 12.2 Å². The van der Waals surface area contributed by atoms with Crippen molar-refractivity contribution in [2.24, 2.45) is 0 Å². The fraction of sp³-hybridized carbons (Fsp3) is 0.600. The molecular weight excluding hydrogens is 200 g/mol. The molecule has 2 atom stereocenters. The molecule has 0 heterocycles. The maximum atomic E-state index is 9.30. The summed E-state index contributed by atoms with van der Waals surface area (Å²) in [4.78, 5) is 0. The smallest absolute Gasteiger partial charge is 0.156 e. The lowest BCUT2D eigenvalue weighted by atomic mass is 10.3. The van der Waals surface area contributed by atoms with Gasteiger partial charge in [0, 0.05) is 14.2 Å². The minimum Gasteiger partial charge on any atom is -0.507 e. The SMILES string of the molecule is COC(C)C(O)=COC=C(O)C(C)OC. The van der Waals surface area contributed by atoms with Gasteiger partial charge in [-0.3, -0.25) is 0 Å². The number of aliphatic hydroxyl groups is 2. The molecule has 0 aliphatic rings. The number of hydrogen-bond donors (Lipinski definition) is 2. The molecule has 0 aliphatic heterocycles. The van der Waals surface area contributed by atoms with Gasteiger partial charge in [-0.05, 0) is 13.8 Å². The summed E-state index contributed by atoms with van der Waals surface area (Å²) >= 11 is 0. The average molecular weight is 218 g/mol. The summed E-state index contributed by atoms with van der Waals surface area (Å²) in [7, 11) is 2.93. The predicted octanol–water partition coefficient (Wildman–Crippen LogP) is 1.87. The van der Waals surface area contributed by atoms with Crippen LogP contribution in [0.4, 0.5) is 0 Å². The minimum atomic E-state index is -0.444. The molecule has 2 N–H and O–H groups in total. The molecule has 5 nitrogen and oxygen atoms in total. The molecule has 0 rings (SSSR count). The first-order valence-corrected chi connectivity index (χ1v) is 4.52. The highest BCUT2D eigenvalue weighted by Gasteiger charge is 2.06. The standard InChI is InChI=1S/C10H18O5/c1-7(13-3)9(11)5-15-6-10(12)8(2)14-4/h5-8,11-12H,1-4H3. The fourth-order valence-electron chi connectivity index (χ4n) is 0.607. The first kappa shape index (κ1) is 13.8. The van der Waals surface area contributed by atoms with E-state index in [1.165, 1.54) is 14.2 Å². The zero-order valence-electron chi connectivity index (χ0n) is 9.43. The van der Waals surface area contributed by atoms with E-state index >= 15 is 0 Å². The maximum absolute atomic E-state index is 9.30. The highest BCUT2D eigenvalue weighted by molar-refractivity contribution is 4.96. The highest BCUT2D eigenvalue weighted by atomic mass is 16.5. The van der Waals surface area contributed by atoms with E-state index in [4.69, 9.17) is 14.2 Å². The van der Waals surface area contributed by atoms with Crippen LogP contribution in [0.5, 0.6) is 0 Å². The Bertz CT molecular complexity index is 210. The second kappa shape index (κ2) is 7.14. The molecule has 0 spiro atoms. The Labute approximate surface area is 89.6 Å². The van der Waals surface area contributed by atoms with Gasteiger partial charge in [-0.15, -0.1) is 0 Å². The highest BCUT2D eigenvalue weighted by Crippen LogP contribution is 2.04. The summed E-state index contributed by atoms with van der Waals surface area (Å²) in [5.41, 5.74) is 0. The Balaban J connectivity index is 4.16. The molecule has 0 fully saturated rings. The molecule has 0 saturated heterocycles. The molecular formula is C10H18O5. The van der Waals surface area contributed by atoms with E-state index in [0.717, 1.165) is 12.5 Å². The van der Waals surface area contributed by atoms with Crippen LogP contribution in [-0.2, 0) is 14.2 Å². The summed E-state index contributed by atoms with van der Waals surface area (Å²) in [6, 6.07) is 0. The van der Waals surface area contributed by atoms with E-state index in [2.05, 4.69) is 0 Å². The first-order chi connectivity index (χ1) is 7.02. The third-order valence-corrected chi connectivity index (χ3v) is 1.92. The molecule has 15 heavy (non-hydrogen) atoms. The van der Waals surface area contributed by atoms with Gasteiger partial charge in [0.25, 0.3) is 0 Å². The van der Waals surface area contributed by atoms with Crippen LogP contribution in [-0.4, -0.2) is 36.6 Å². The van der Waals surface area contributed by atoms with Crippen LogP contribution in [0.1, 0.15) is 13.8 Å². The van der Waals surface area contributed by atoms with E-state index in [9.17, 15) is 10.2 Å². The molecule has 0 aromatic rings. The van der Waals surface area contributed by atoms with Crippen molar-refractivity contribution >= 4 is 0 Å². The van der Waals surface area contributed by atoms with Crippen LogP contribution in [0.3, 0.4) is 0 Å². The molecule has 88 valence electrons. The first-order valence-electron chi connectivity index (χ1n) is 4.52. The molecule has 5 heteroatoms. The quantitative estimate of drug-likeness (QED) is 0.666. The van der Waals surface area contributed by atoms with Gasteiger partial charge in [-0.1, -0.05) is 0 Å². The summed E-state index contributed by atoms with van der Waals surface area (Å²) < 4.78 is 14.5. The van der Waals surface area contributed by atoms with Crippen LogP contribution < -0.4 is 0 Å². The predicted molar refractivity (Wildman–Crippen MR) is 55.5 cm³/mol. The summed E-state index contributed by atoms with van der Waals surface area (Å²) in [6.45, 7) is 3.33. The normalized spacial score (nSPS) is 17.3. The largest absolute Gasteiger partial charge is 0.507 e. The zero-order valence-corrected chi connectivity index (χ0v) is 9.43. The molecule has 0 aromatic carbocycles. The molecule has 0 bridgehead atoms. The van der Waals surface area contributed by atoms with Gasteiger partial charge in [-0.2, -0.15) is 0 Å². The van der Waals surface area contributed by atoms with Crippen LogP contribution in [0.25, 0.3) is 0 Å². The summed E-state index contributed by atoms with van der Waals surface area (Å²) in [5, 5.41) is 18.6. The van der Waals surface area contributed by atoms with Crippen molar-refractivity contribution in [2.75, 3.05) is 14.2 Å². The lowest BCUT2D eigenvalue weighted by molar-refractivity contribution is 0.0955. The Kier molecular flexibility index (Phi) is 6.57. The van der Waals surface area contributed by atoms with Gasteiger partial charge < -0.3 is 24.4 Å². The third-order valence-electron chi connectivity index (χ3n) is 1.92. The Morgan fingerprint density at radius 3 is 1.53 bits per heavy atom. The minimum absolute atomic E-state index is 0.0633. The van der Waals surface area contributed by atoms with E-state index in [-0.39, 0.29) is 11.5 Å². The molecule has 0 radical (unpaired) electrons. The van der Waals surface area contributed by atoms with Gasteiger partial charge in [-0.25, -0.2) is 0 Å². The van der Waals surface area contributed by atoms with Crippen molar-refractivity contribution in [2.45, 2.75) is 26.1 Å². The van der Waals surface area contributed by atoms with E-state index in [1.807, 2.05) is 0 Å². The Morgan fingerprint density at radius 2 is 1.27 bits per heavy atom. The van der Waals surface area contributed by atoms with Crippen molar-refractivity contribution in [3.63, 3.8) is 0 Å². The van der Waals surface area contributed by atoms with Crippen LogP contribution in [0.15, 0.2) is 24.0 Å². The molecule has 0 amide bonds. The summed E-state index contributed by atoms with van der Waals surface area (Å²) in [6.07, 6.45) is 1.29. The Hall–Kier alpha value is -1.20. The lowest BCUT2D eigenvalue weighted by Gasteiger charge is -2.09. The number of ether oxygens (including phenoxy) is 3.